The van der Waals surface area contributed by atoms with Crippen molar-refractivity contribution in [3.8, 4) is 22.9 Å². The van der Waals surface area contributed by atoms with Crippen LogP contribution in [0.25, 0.3) is 11.1 Å². The van der Waals surface area contributed by atoms with Crippen LogP contribution in [-0.2, 0) is 9.53 Å². The molecule has 6 heteroatoms. The lowest BCUT2D eigenvalue weighted by atomic mass is 9.89. The van der Waals surface area contributed by atoms with Gasteiger partial charge in [0.25, 0.3) is 0 Å². The Hall–Kier alpha value is -3.20. The molecule has 1 fully saturated rings. The van der Waals surface area contributed by atoms with Crippen LogP contribution in [0.5, 0.6) is 5.75 Å². The van der Waals surface area contributed by atoms with Crippen LogP contribution in [0.3, 0.4) is 0 Å². The van der Waals surface area contributed by atoms with Crippen molar-refractivity contribution in [2.24, 2.45) is 0 Å². The second-order valence-electron chi connectivity index (χ2n) is 7.62. The van der Waals surface area contributed by atoms with Gasteiger partial charge in [0.05, 0.1) is 23.7 Å². The number of nitrogens with zero attached hydrogens (tertiary/aromatic N) is 1. The van der Waals surface area contributed by atoms with Crippen molar-refractivity contribution >= 4 is 17.9 Å². The summed E-state index contributed by atoms with van der Waals surface area (Å²) in [5.41, 5.74) is 1.99. The second kappa shape index (κ2) is 9.95. The van der Waals surface area contributed by atoms with Gasteiger partial charge in [-0.2, -0.15) is 5.26 Å². The molecular formula is C26H21ClFNO3. The first-order valence-corrected chi connectivity index (χ1v) is 10.8. The van der Waals surface area contributed by atoms with Gasteiger partial charge in [0.15, 0.2) is 11.6 Å². The lowest BCUT2D eigenvalue weighted by Gasteiger charge is -2.17. The molecule has 0 radical (unpaired) electrons. The number of ether oxygens (including phenoxy) is 2. The van der Waals surface area contributed by atoms with Crippen LogP contribution in [0.2, 0.25) is 5.02 Å². The first-order chi connectivity index (χ1) is 15.6. The number of hydrogen-bond acceptors (Lipinski definition) is 4. The second-order valence-corrected chi connectivity index (χ2v) is 8.03. The van der Waals surface area contributed by atoms with E-state index in [9.17, 15) is 10.1 Å². The fourth-order valence-corrected chi connectivity index (χ4v) is 4.13. The van der Waals surface area contributed by atoms with Gasteiger partial charge in [-0.25, -0.2) is 4.39 Å². The predicted molar refractivity (Wildman–Crippen MR) is 120 cm³/mol. The van der Waals surface area contributed by atoms with E-state index in [-0.39, 0.29) is 34.6 Å². The molecule has 3 aromatic carbocycles. The monoisotopic (exact) mass is 449 g/mol. The third-order valence-electron chi connectivity index (χ3n) is 5.59. The number of carbonyl (C=O) groups is 1. The van der Waals surface area contributed by atoms with Crippen LogP contribution in [0, 0.1) is 17.1 Å². The summed E-state index contributed by atoms with van der Waals surface area (Å²) in [7, 11) is 0. The van der Waals surface area contributed by atoms with Crippen molar-refractivity contribution in [3.63, 3.8) is 0 Å². The van der Waals surface area contributed by atoms with Crippen LogP contribution in [0.15, 0.2) is 60.7 Å². The zero-order valence-electron chi connectivity index (χ0n) is 17.3. The van der Waals surface area contributed by atoms with Crippen molar-refractivity contribution < 1.29 is 18.7 Å². The van der Waals surface area contributed by atoms with Gasteiger partial charge in [0.2, 0.25) is 0 Å². The summed E-state index contributed by atoms with van der Waals surface area (Å²) < 4.78 is 26.8. The van der Waals surface area contributed by atoms with Crippen LogP contribution in [-0.4, -0.2) is 25.6 Å². The van der Waals surface area contributed by atoms with Gasteiger partial charge in [-0.05, 0) is 48.2 Å². The van der Waals surface area contributed by atoms with Gasteiger partial charge in [-0.3, -0.25) is 0 Å². The zero-order valence-corrected chi connectivity index (χ0v) is 18.0. The van der Waals surface area contributed by atoms with Crippen LogP contribution < -0.4 is 4.74 Å². The summed E-state index contributed by atoms with van der Waals surface area (Å²) in [6.07, 6.45) is 2.59. The number of halogens is 2. The summed E-state index contributed by atoms with van der Waals surface area (Å²) in [5.74, 6) is -1.17. The van der Waals surface area contributed by atoms with Crippen molar-refractivity contribution in [1.82, 2.24) is 0 Å². The van der Waals surface area contributed by atoms with Gasteiger partial charge in [0, 0.05) is 22.8 Å². The van der Waals surface area contributed by atoms with Gasteiger partial charge in [-0.1, -0.05) is 48.0 Å². The standard InChI is InChI=1S/C26H21ClFNO3/c27-23-10-8-18(22(15-30)17-5-2-1-3-6-17)13-21(23)25-19(14-29)9-11-24(26(25)28)32-16-20-7-4-12-31-20/h1-3,5-6,8-11,13,15,20,22H,4,7,12,16H2/t20-,22?/m0/s1. The highest BCUT2D eigenvalue weighted by Crippen LogP contribution is 2.38. The van der Waals surface area contributed by atoms with Gasteiger partial charge in [0.1, 0.15) is 12.9 Å². The Morgan fingerprint density at radius 3 is 2.69 bits per heavy atom. The smallest absolute Gasteiger partial charge is 0.174 e. The van der Waals surface area contributed by atoms with E-state index in [2.05, 4.69) is 0 Å². The number of carbonyl (C=O) groups excluding carboxylic acids is 1. The van der Waals surface area contributed by atoms with Crippen LogP contribution in [0.4, 0.5) is 4.39 Å². The topological polar surface area (TPSA) is 59.3 Å². The highest BCUT2D eigenvalue weighted by atomic mass is 35.5. The van der Waals surface area contributed by atoms with Gasteiger partial charge in [-0.15, -0.1) is 0 Å². The first kappa shape index (κ1) is 22.0. The van der Waals surface area contributed by atoms with E-state index in [4.69, 9.17) is 21.1 Å². The first-order valence-electron chi connectivity index (χ1n) is 10.4. The number of hydrogen-bond donors (Lipinski definition) is 0. The van der Waals surface area contributed by atoms with E-state index in [0.717, 1.165) is 24.7 Å². The highest BCUT2D eigenvalue weighted by molar-refractivity contribution is 6.33. The molecule has 2 atom stereocenters. The molecule has 0 bridgehead atoms. The molecule has 0 aliphatic carbocycles. The predicted octanol–water partition coefficient (Wildman–Crippen LogP) is 5.91. The summed E-state index contributed by atoms with van der Waals surface area (Å²) in [6.45, 7) is 0.911. The van der Waals surface area contributed by atoms with E-state index in [1.54, 1.807) is 18.2 Å². The Balaban J connectivity index is 1.75. The van der Waals surface area contributed by atoms with Crippen molar-refractivity contribution in [2.75, 3.05) is 13.2 Å². The molecule has 0 N–H and O–H groups in total. The molecule has 1 unspecified atom stereocenters. The molecule has 0 aromatic heterocycles. The Kier molecular flexibility index (Phi) is 6.84. The summed E-state index contributed by atoms with van der Waals surface area (Å²) >= 11 is 6.43. The molecule has 0 saturated carbocycles. The Bertz CT molecular complexity index is 1150. The van der Waals surface area contributed by atoms with Crippen molar-refractivity contribution in [1.29, 1.82) is 5.26 Å². The molecule has 1 heterocycles. The van der Waals surface area contributed by atoms with Crippen molar-refractivity contribution in [3.05, 3.63) is 88.2 Å². The maximum Gasteiger partial charge on any atom is 0.174 e. The normalized spacial score (nSPS) is 16.3. The summed E-state index contributed by atoms with van der Waals surface area (Å²) in [5, 5.41) is 9.89. The maximum atomic E-state index is 15.6. The SMILES string of the molecule is N#Cc1ccc(OC[C@@H]2CCCO2)c(F)c1-c1cc(C(C=O)c2ccccc2)ccc1Cl. The third-order valence-corrected chi connectivity index (χ3v) is 5.92. The highest BCUT2D eigenvalue weighted by Gasteiger charge is 2.23. The number of aldehydes is 1. The lowest BCUT2D eigenvalue weighted by Crippen LogP contribution is -2.17. The molecule has 1 saturated heterocycles. The molecule has 162 valence electrons. The lowest BCUT2D eigenvalue weighted by molar-refractivity contribution is -0.108. The number of rotatable bonds is 7. The number of nitriles is 1. The van der Waals surface area contributed by atoms with Gasteiger partial charge < -0.3 is 14.3 Å². The number of benzene rings is 3. The van der Waals surface area contributed by atoms with Crippen LogP contribution >= 0.6 is 11.6 Å². The van der Waals surface area contributed by atoms with Crippen LogP contribution in [0.1, 0.15) is 35.4 Å². The fourth-order valence-electron chi connectivity index (χ4n) is 3.92. The minimum absolute atomic E-state index is 0.0333. The zero-order chi connectivity index (χ0) is 22.5. The largest absolute Gasteiger partial charge is 0.488 e. The summed E-state index contributed by atoms with van der Waals surface area (Å²) in [4.78, 5) is 11.9. The molecule has 1 aliphatic heterocycles. The molecular weight excluding hydrogens is 429 g/mol. The molecule has 4 rings (SSSR count). The minimum Gasteiger partial charge on any atom is -0.488 e. The Labute approximate surface area is 191 Å². The van der Waals surface area contributed by atoms with E-state index in [1.807, 2.05) is 36.4 Å². The van der Waals surface area contributed by atoms with Gasteiger partial charge >= 0.3 is 0 Å². The fraction of sp³-hybridized carbons (Fsp3) is 0.231. The molecule has 4 nitrogen and oxygen atoms in total. The molecule has 1 aliphatic rings. The van der Waals surface area contributed by atoms with Crippen molar-refractivity contribution in [2.45, 2.75) is 24.9 Å². The molecule has 0 spiro atoms. The minimum atomic E-state index is -0.663. The maximum absolute atomic E-state index is 15.6. The average Bonchev–Trinajstić information content (AvgIpc) is 3.34. The Morgan fingerprint density at radius 2 is 2.00 bits per heavy atom. The van der Waals surface area contributed by atoms with E-state index < -0.39 is 11.7 Å². The molecule has 0 amide bonds. The van der Waals surface area contributed by atoms with E-state index in [0.29, 0.717) is 17.7 Å². The quantitative estimate of drug-likeness (QED) is 0.421. The third kappa shape index (κ3) is 4.52. The molecule has 32 heavy (non-hydrogen) atoms. The van der Waals surface area contributed by atoms with E-state index >= 15 is 4.39 Å². The Morgan fingerprint density at radius 1 is 1.19 bits per heavy atom. The summed E-state index contributed by atoms with van der Waals surface area (Å²) in [6, 6.07) is 19.3. The average molecular weight is 450 g/mol. The van der Waals surface area contributed by atoms with E-state index in [1.165, 1.54) is 12.1 Å². The molecule has 3 aromatic rings.